The summed E-state index contributed by atoms with van der Waals surface area (Å²) in [6.07, 6.45) is 0.0411. The first-order valence-electron chi connectivity index (χ1n) is 11.2. The molecular weight excluding hydrogens is 458 g/mol. The molecule has 2 N–H and O–H groups in total. The number of aromatic nitrogens is 2. The first-order chi connectivity index (χ1) is 15.2. The minimum absolute atomic E-state index is 0.131. The van der Waals surface area contributed by atoms with Crippen LogP contribution < -0.4 is 5.45 Å². The maximum Gasteiger partial charge on any atom is 0.308 e. The Morgan fingerprint density at radius 1 is 1.12 bits per heavy atom. The van der Waals surface area contributed by atoms with Crippen LogP contribution in [0.3, 0.4) is 0 Å². The molecule has 33 heavy (non-hydrogen) atoms. The van der Waals surface area contributed by atoms with E-state index < -0.39 is 30.5 Å². The van der Waals surface area contributed by atoms with E-state index >= 15 is 0 Å². The normalized spacial score (nSPS) is 15.1. The maximum atomic E-state index is 13.2. The van der Waals surface area contributed by atoms with Crippen molar-refractivity contribution in [2.75, 3.05) is 20.7 Å². The Balaban J connectivity index is 2.16. The molecule has 2 atom stereocenters. The van der Waals surface area contributed by atoms with E-state index in [1.165, 1.54) is 24.3 Å². The van der Waals surface area contributed by atoms with Crippen LogP contribution in [-0.2, 0) is 21.6 Å². The van der Waals surface area contributed by atoms with Crippen LogP contribution in [0, 0.1) is 0 Å². The van der Waals surface area contributed by atoms with Crippen molar-refractivity contribution in [1.29, 1.82) is 0 Å². The molecule has 0 unspecified atom stereocenters. The Hall–Kier alpha value is -1.56. The van der Waals surface area contributed by atoms with Crippen molar-refractivity contribution in [2.24, 2.45) is 0 Å². The minimum Gasteiger partial charge on any atom is -0.391 e. The van der Waals surface area contributed by atoms with Crippen molar-refractivity contribution in [1.82, 2.24) is 13.3 Å². The molecule has 0 aliphatic rings. The lowest BCUT2D eigenvalue weighted by molar-refractivity contribution is 0.0162. The maximum absolute atomic E-state index is 13.2. The van der Waals surface area contributed by atoms with E-state index in [2.05, 4.69) is 38.8 Å². The van der Waals surface area contributed by atoms with Gasteiger partial charge in [0.1, 0.15) is 13.5 Å². The lowest BCUT2D eigenvalue weighted by atomic mass is 10.1. The van der Waals surface area contributed by atoms with E-state index in [-0.39, 0.29) is 30.2 Å². The van der Waals surface area contributed by atoms with Gasteiger partial charge in [-0.2, -0.15) is 12.7 Å². The van der Waals surface area contributed by atoms with Crippen molar-refractivity contribution >= 4 is 23.7 Å². The molecule has 2 aromatic rings. The Labute approximate surface area is 199 Å². The van der Waals surface area contributed by atoms with Crippen molar-refractivity contribution in [3.05, 3.63) is 47.8 Å². The van der Waals surface area contributed by atoms with Gasteiger partial charge in [0.2, 0.25) is 0 Å². The van der Waals surface area contributed by atoms with E-state index in [1.54, 1.807) is 0 Å². The molecule has 0 aliphatic heterocycles. The minimum atomic E-state index is -3.89. The summed E-state index contributed by atoms with van der Waals surface area (Å²) < 4.78 is 34.4. The molecule has 0 bridgehead atoms. The molecule has 0 fully saturated rings. The molecule has 0 aliphatic carbocycles. The number of nitrogens with zero attached hydrogens (tertiary/aromatic N) is 3. The number of imidazole rings is 1. The number of aliphatic hydroxyl groups is 2. The number of rotatable bonds is 11. The standard InChI is InChI=1S/C23H39N3O5SSi/c1-23(2,3)33(6,7)22-24-15-20(26(22)32(29,30)25(4)5)21(28)14-13-19(27)17-31-16-18-11-9-8-10-12-18/h8-12,15,19,21,27-28H,13-14,16-17H2,1-7H3/t19-,21+/m0/s1. The Morgan fingerprint density at radius 2 is 1.73 bits per heavy atom. The van der Waals surface area contributed by atoms with E-state index in [1.807, 2.05) is 30.3 Å². The predicted octanol–water partition coefficient (Wildman–Crippen LogP) is 2.64. The average Bonchev–Trinajstić information content (AvgIpc) is 3.18. The van der Waals surface area contributed by atoms with Gasteiger partial charge in [-0.15, -0.1) is 0 Å². The SMILES string of the molecule is CN(C)S(=O)(=O)n1c([C@H](O)CC[C@H](O)COCc2ccccc2)cnc1[Si](C)(C)C(C)(C)C. The molecule has 0 amide bonds. The third-order valence-electron chi connectivity index (χ3n) is 6.41. The van der Waals surface area contributed by atoms with Crippen LogP contribution in [-0.4, -0.2) is 66.8 Å². The Morgan fingerprint density at radius 3 is 2.27 bits per heavy atom. The van der Waals surface area contributed by atoms with E-state index in [9.17, 15) is 18.6 Å². The van der Waals surface area contributed by atoms with Crippen molar-refractivity contribution < 1.29 is 23.4 Å². The largest absolute Gasteiger partial charge is 0.391 e. The van der Waals surface area contributed by atoms with Crippen LogP contribution in [0.15, 0.2) is 36.5 Å². The van der Waals surface area contributed by atoms with Crippen molar-refractivity contribution in [3.8, 4) is 0 Å². The van der Waals surface area contributed by atoms with Crippen molar-refractivity contribution in [2.45, 2.75) is 70.6 Å². The summed E-state index contributed by atoms with van der Waals surface area (Å²) in [7, 11) is -3.29. The van der Waals surface area contributed by atoms with Gasteiger partial charge in [0.05, 0.1) is 37.3 Å². The van der Waals surface area contributed by atoms with E-state index in [4.69, 9.17) is 4.74 Å². The van der Waals surface area contributed by atoms with Gasteiger partial charge in [0.25, 0.3) is 0 Å². The average molecular weight is 498 g/mol. The predicted molar refractivity (Wildman–Crippen MR) is 133 cm³/mol. The van der Waals surface area contributed by atoms with Gasteiger partial charge in [0.15, 0.2) is 0 Å². The highest BCUT2D eigenvalue weighted by Gasteiger charge is 2.44. The zero-order valence-electron chi connectivity index (χ0n) is 20.8. The second-order valence-corrected chi connectivity index (χ2v) is 17.4. The molecule has 1 heterocycles. The number of hydrogen-bond acceptors (Lipinski definition) is 6. The fourth-order valence-corrected chi connectivity index (χ4v) is 6.95. The van der Waals surface area contributed by atoms with Crippen LogP contribution >= 0.6 is 0 Å². The van der Waals surface area contributed by atoms with Gasteiger partial charge in [-0.25, -0.2) is 8.96 Å². The molecule has 10 heteroatoms. The molecule has 1 aromatic carbocycles. The van der Waals surface area contributed by atoms with Crippen molar-refractivity contribution in [3.63, 3.8) is 0 Å². The first kappa shape index (κ1) is 27.7. The van der Waals surface area contributed by atoms with Gasteiger partial charge >= 0.3 is 10.2 Å². The van der Waals surface area contributed by atoms with E-state index in [0.717, 1.165) is 9.87 Å². The van der Waals surface area contributed by atoms with Crippen LogP contribution in [0.1, 0.15) is 51.0 Å². The summed E-state index contributed by atoms with van der Waals surface area (Å²) >= 11 is 0. The number of ether oxygens (including phenoxy) is 1. The smallest absolute Gasteiger partial charge is 0.308 e. The summed E-state index contributed by atoms with van der Waals surface area (Å²) in [5.74, 6) is 0. The number of benzene rings is 1. The fraction of sp³-hybridized carbons (Fsp3) is 0.609. The molecular formula is C23H39N3O5SSi. The fourth-order valence-electron chi connectivity index (χ4n) is 3.20. The first-order valence-corrected chi connectivity index (χ1v) is 15.6. The molecule has 186 valence electrons. The third-order valence-corrected chi connectivity index (χ3v) is 13.6. The summed E-state index contributed by atoms with van der Waals surface area (Å²) in [4.78, 5) is 4.51. The van der Waals surface area contributed by atoms with Crippen LogP contribution in [0.25, 0.3) is 0 Å². The zero-order valence-corrected chi connectivity index (χ0v) is 22.6. The van der Waals surface area contributed by atoms with Gasteiger partial charge in [-0.05, 0) is 23.4 Å². The quantitative estimate of drug-likeness (QED) is 0.463. The molecule has 8 nitrogen and oxygen atoms in total. The summed E-state index contributed by atoms with van der Waals surface area (Å²) in [6.45, 7) is 10.9. The lowest BCUT2D eigenvalue weighted by Crippen LogP contribution is -2.56. The molecule has 0 saturated carbocycles. The Kier molecular flexibility index (Phi) is 9.05. The third kappa shape index (κ3) is 6.52. The highest BCUT2D eigenvalue weighted by Crippen LogP contribution is 2.36. The summed E-state index contributed by atoms with van der Waals surface area (Å²) in [5.41, 5.74) is 1.74. The molecule has 0 saturated heterocycles. The number of hydrogen-bond donors (Lipinski definition) is 2. The molecule has 1 aromatic heterocycles. The second kappa shape index (κ2) is 10.8. The molecule has 0 radical (unpaired) electrons. The zero-order chi connectivity index (χ0) is 25.0. The summed E-state index contributed by atoms with van der Waals surface area (Å²) in [6, 6.07) is 9.67. The highest BCUT2D eigenvalue weighted by atomic mass is 32.2. The van der Waals surface area contributed by atoms with Gasteiger partial charge < -0.3 is 14.9 Å². The molecule has 2 rings (SSSR count). The monoisotopic (exact) mass is 497 g/mol. The van der Waals surface area contributed by atoms with Gasteiger partial charge in [-0.1, -0.05) is 64.2 Å². The van der Waals surface area contributed by atoms with Gasteiger partial charge in [-0.3, -0.25) is 0 Å². The van der Waals surface area contributed by atoms with Crippen LogP contribution in [0.4, 0.5) is 0 Å². The number of aliphatic hydroxyl groups excluding tert-OH is 2. The highest BCUT2D eigenvalue weighted by molar-refractivity contribution is 7.87. The van der Waals surface area contributed by atoms with Gasteiger partial charge in [0, 0.05) is 14.1 Å². The topological polar surface area (TPSA) is 105 Å². The molecule has 0 spiro atoms. The van der Waals surface area contributed by atoms with E-state index in [0.29, 0.717) is 12.1 Å². The van der Waals surface area contributed by atoms with Crippen LogP contribution in [0.2, 0.25) is 18.1 Å². The lowest BCUT2D eigenvalue weighted by Gasteiger charge is -2.36. The Bertz CT molecular complexity index is 1000. The van der Waals surface area contributed by atoms with Crippen LogP contribution in [0.5, 0.6) is 0 Å². The second-order valence-electron chi connectivity index (χ2n) is 10.2. The summed E-state index contributed by atoms with van der Waals surface area (Å²) in [5, 5.41) is 21.1.